The van der Waals surface area contributed by atoms with Gasteiger partial charge in [-0.25, -0.2) is 4.98 Å². The van der Waals surface area contributed by atoms with Crippen molar-refractivity contribution in [3.8, 4) is 11.1 Å². The van der Waals surface area contributed by atoms with Gasteiger partial charge in [-0.15, -0.1) is 0 Å². The molecule has 0 bridgehead atoms. The van der Waals surface area contributed by atoms with Crippen molar-refractivity contribution in [1.29, 1.82) is 0 Å². The summed E-state index contributed by atoms with van der Waals surface area (Å²) in [5.74, 6) is 0.494. The number of nitrogens with zero attached hydrogens (tertiary/aromatic N) is 2. The van der Waals surface area contributed by atoms with Crippen LogP contribution in [0.15, 0.2) is 109 Å². The van der Waals surface area contributed by atoms with Crippen LogP contribution < -0.4 is 5.32 Å². The van der Waals surface area contributed by atoms with Gasteiger partial charge in [-0.3, -0.25) is 24.3 Å². The summed E-state index contributed by atoms with van der Waals surface area (Å²) in [6, 6.07) is 38.6. The van der Waals surface area contributed by atoms with Crippen LogP contribution in [0.4, 0.5) is 0 Å². The van der Waals surface area contributed by atoms with Crippen LogP contribution in [0.5, 0.6) is 0 Å². The molecule has 0 saturated heterocycles. The second kappa shape index (κ2) is 9.02. The number of hydrogen-bond donors (Lipinski definition) is 1. The van der Waals surface area contributed by atoms with Gasteiger partial charge in [0.05, 0.1) is 11.0 Å². The highest BCUT2D eigenvalue weighted by molar-refractivity contribution is 6.44. The molecule has 2 aliphatic carbocycles. The Morgan fingerprint density at radius 3 is 1.61 bits per heavy atom. The van der Waals surface area contributed by atoms with E-state index in [2.05, 4.69) is 78.1 Å². The van der Waals surface area contributed by atoms with Crippen LogP contribution in [-0.4, -0.2) is 27.3 Å². The molecule has 1 aromatic heterocycles. The first kappa shape index (κ1) is 28.3. The van der Waals surface area contributed by atoms with E-state index in [4.69, 9.17) is 4.98 Å². The quantitative estimate of drug-likeness (QED) is 0.0963. The van der Waals surface area contributed by atoms with Crippen LogP contribution in [-0.2, 0) is 0 Å². The van der Waals surface area contributed by atoms with Gasteiger partial charge in [0, 0.05) is 33.9 Å². The first-order valence-corrected chi connectivity index (χ1v) is 19.4. The van der Waals surface area contributed by atoms with E-state index in [1.165, 1.54) is 70.9 Å². The number of imidazole rings is 1. The molecule has 10 aromatic carbocycles. The Morgan fingerprint density at radius 2 is 0.946 bits per heavy atom. The molecule has 258 valence electrons. The van der Waals surface area contributed by atoms with E-state index in [1.807, 2.05) is 41.0 Å². The summed E-state index contributed by atoms with van der Waals surface area (Å²) in [7, 11) is 0. The lowest BCUT2D eigenvalue weighted by Crippen LogP contribution is -2.34. The highest BCUT2D eigenvalue weighted by atomic mass is 16.2. The summed E-state index contributed by atoms with van der Waals surface area (Å²) in [5, 5.41) is 18.6. The van der Waals surface area contributed by atoms with Gasteiger partial charge >= 0.3 is 0 Å². The first-order valence-electron chi connectivity index (χ1n) is 19.4. The maximum atomic E-state index is 14.3. The number of nitrogens with one attached hydrogen (secondary N) is 1. The monoisotopic (exact) mass is 715 g/mol. The smallest absolute Gasteiger partial charge is 0.264 e. The molecule has 0 radical (unpaired) electrons. The topological polar surface area (TPSA) is 81.1 Å². The van der Waals surface area contributed by atoms with E-state index >= 15 is 0 Å². The Bertz CT molecular complexity index is 3700. The van der Waals surface area contributed by atoms with Gasteiger partial charge in [0.25, 0.3) is 17.7 Å². The zero-order valence-electron chi connectivity index (χ0n) is 29.6. The summed E-state index contributed by atoms with van der Waals surface area (Å²) in [4.78, 5) is 45.3. The van der Waals surface area contributed by atoms with Crippen molar-refractivity contribution in [2.45, 2.75) is 24.7 Å². The molecular formula is C50H25N3O3. The maximum absolute atomic E-state index is 14.3. The predicted molar refractivity (Wildman–Crippen MR) is 221 cm³/mol. The lowest BCUT2D eigenvalue weighted by Gasteiger charge is -2.40. The van der Waals surface area contributed by atoms with Crippen LogP contribution in [0.3, 0.4) is 0 Å². The molecule has 6 heteroatoms. The number of para-hydroxylation sites is 2. The molecule has 3 heterocycles. The fourth-order valence-corrected chi connectivity index (χ4v) is 12.1. The third kappa shape index (κ3) is 2.91. The minimum absolute atomic E-state index is 0.0259. The number of fused-ring (bicyclic) bond motifs is 10. The molecule has 1 N–H and O–H groups in total. The Balaban J connectivity index is 1.03. The Kier molecular flexibility index (Phi) is 4.56. The highest BCUT2D eigenvalue weighted by Crippen LogP contribution is 2.58. The second-order valence-electron chi connectivity index (χ2n) is 16.3. The number of carbonyl (C=O) groups excluding carboxylic acids is 3. The number of amides is 2. The minimum Gasteiger partial charge on any atom is -0.288 e. The summed E-state index contributed by atoms with van der Waals surface area (Å²) in [6.07, 6.45) is 1.93. The third-order valence-electron chi connectivity index (χ3n) is 14.1. The average Bonchev–Trinajstić information content (AvgIpc) is 3.63. The molecule has 6 nitrogen and oxygen atoms in total. The number of imide groups is 1. The van der Waals surface area contributed by atoms with Crippen LogP contribution in [0.2, 0.25) is 0 Å². The van der Waals surface area contributed by atoms with Gasteiger partial charge in [-0.05, 0) is 141 Å². The van der Waals surface area contributed by atoms with Gasteiger partial charge in [-0.2, -0.15) is 0 Å². The molecule has 2 unspecified atom stereocenters. The first-order chi connectivity index (χ1) is 27.5. The van der Waals surface area contributed by atoms with E-state index in [0.717, 1.165) is 67.6 Å². The molecule has 0 spiro atoms. The minimum atomic E-state index is -0.344. The van der Waals surface area contributed by atoms with Gasteiger partial charge in [0.2, 0.25) is 0 Å². The standard InChI is InChI=1S/C50H25N3O3/c54-48-34-18-14-30-26-10-6-22-21-5-9-25-29-13-17-33-45-36(50(56)53-38-4-2-1-3-37(38)51-47(33)53)20-16-32(43(29)45)28-12-8-24(39(21)41(25)28)23-7-11-27(42(26)40(22)23)31-15-19-35(49(55)52-48)46(34)44(30)31/h1-12,14-16,18-20,29,33H,13,17H2,(H,52,54,55). The van der Waals surface area contributed by atoms with E-state index in [9.17, 15) is 14.4 Å². The van der Waals surface area contributed by atoms with E-state index in [0.29, 0.717) is 11.1 Å². The highest BCUT2D eigenvalue weighted by Gasteiger charge is 2.43. The summed E-state index contributed by atoms with van der Waals surface area (Å²) < 4.78 is 1.87. The van der Waals surface area contributed by atoms with Crippen molar-refractivity contribution in [3.63, 3.8) is 0 Å². The zero-order valence-corrected chi connectivity index (χ0v) is 29.6. The molecular weight excluding hydrogens is 691 g/mol. The molecule has 2 atom stereocenters. The number of benzene rings is 10. The number of carbonyl (C=O) groups is 3. The van der Waals surface area contributed by atoms with Gasteiger partial charge < -0.3 is 0 Å². The van der Waals surface area contributed by atoms with Crippen molar-refractivity contribution in [3.05, 3.63) is 148 Å². The molecule has 0 saturated carbocycles. The Labute approximate surface area is 316 Å². The van der Waals surface area contributed by atoms with Crippen LogP contribution in [0.1, 0.15) is 78.3 Å². The van der Waals surface area contributed by atoms with Gasteiger partial charge in [0.1, 0.15) is 5.82 Å². The normalized spacial score (nSPS) is 18.1. The second-order valence-corrected chi connectivity index (χ2v) is 16.3. The van der Waals surface area contributed by atoms with Crippen molar-refractivity contribution in [1.82, 2.24) is 14.9 Å². The molecule has 2 aliphatic heterocycles. The molecule has 4 aliphatic rings. The summed E-state index contributed by atoms with van der Waals surface area (Å²) in [5.41, 5.74) is 10.00. The lowest BCUT2D eigenvalue weighted by atomic mass is 9.64. The van der Waals surface area contributed by atoms with E-state index in [1.54, 1.807) is 0 Å². The van der Waals surface area contributed by atoms with Crippen molar-refractivity contribution < 1.29 is 14.4 Å². The average molecular weight is 716 g/mol. The molecule has 0 fully saturated rings. The van der Waals surface area contributed by atoms with Crippen molar-refractivity contribution >= 4 is 104 Å². The largest absolute Gasteiger partial charge is 0.288 e. The number of aromatic nitrogens is 2. The van der Waals surface area contributed by atoms with Gasteiger partial charge in [-0.1, -0.05) is 78.9 Å². The van der Waals surface area contributed by atoms with Crippen molar-refractivity contribution in [2.24, 2.45) is 0 Å². The van der Waals surface area contributed by atoms with Crippen LogP contribution in [0.25, 0.3) is 97.6 Å². The Hall–Kier alpha value is -7.18. The predicted octanol–water partition coefficient (Wildman–Crippen LogP) is 10.9. The zero-order chi connectivity index (χ0) is 36.5. The van der Waals surface area contributed by atoms with E-state index < -0.39 is 0 Å². The van der Waals surface area contributed by atoms with E-state index in [-0.39, 0.29) is 29.6 Å². The van der Waals surface area contributed by atoms with Crippen molar-refractivity contribution in [2.75, 3.05) is 0 Å². The maximum Gasteiger partial charge on any atom is 0.264 e. The Morgan fingerprint density at radius 1 is 0.464 bits per heavy atom. The lowest BCUT2D eigenvalue weighted by molar-refractivity contribution is 0.0843. The third-order valence-corrected chi connectivity index (χ3v) is 14.1. The fraction of sp³-hybridized carbons (Fsp3) is 0.0800. The number of rotatable bonds is 0. The van der Waals surface area contributed by atoms with Gasteiger partial charge in [0.15, 0.2) is 0 Å². The number of hydrogen-bond acceptors (Lipinski definition) is 4. The van der Waals surface area contributed by atoms with Crippen LogP contribution >= 0.6 is 0 Å². The SMILES string of the molecule is O=C1NC(=O)c2ccc3c4ccc5c6ccc7c8c(ccc(c9ccc(c%10ccc1c2c%103)c4c95)c86)-c1ccc2c3c1C7CCC3c1nc3ccccc3n1C2=O. The molecule has 15 rings (SSSR count). The van der Waals surface area contributed by atoms with Crippen LogP contribution in [0, 0.1) is 0 Å². The molecule has 11 aromatic rings. The molecule has 2 amide bonds. The molecule has 56 heavy (non-hydrogen) atoms. The summed E-state index contributed by atoms with van der Waals surface area (Å²) >= 11 is 0. The fourth-order valence-electron chi connectivity index (χ4n) is 12.1. The summed E-state index contributed by atoms with van der Waals surface area (Å²) in [6.45, 7) is 0.